The molecule has 0 spiro atoms. The molecule has 1 aromatic heterocycles. The van der Waals surface area contributed by atoms with Crippen molar-refractivity contribution in [2.24, 2.45) is 0 Å². The topological polar surface area (TPSA) is 62.2 Å². The van der Waals surface area contributed by atoms with Crippen LogP contribution in [-0.4, -0.2) is 17.6 Å². The number of carboxylic acid groups (broad SMARTS) is 1. The molecule has 0 unspecified atom stereocenters. The fraction of sp³-hybridized carbons (Fsp3) is 0.167. The molecule has 0 aliphatic carbocycles. The fourth-order valence-electron chi connectivity index (χ4n) is 1.56. The van der Waals surface area contributed by atoms with E-state index in [1.807, 2.05) is 0 Å². The van der Waals surface area contributed by atoms with E-state index < -0.39 is 12.6 Å². The normalized spacial score (nSPS) is 10.6. The number of aryl methyl sites for hydroxylation is 1. The SMILES string of the molecule is Cc1ccc2c(Cl)cc(Cl)c(OCC(=O)[O-])c2n1. The minimum absolute atomic E-state index is 0.198. The maximum absolute atomic E-state index is 10.4. The van der Waals surface area contributed by atoms with Gasteiger partial charge in [-0.3, -0.25) is 0 Å². The molecule has 0 radical (unpaired) electrons. The first-order chi connectivity index (χ1) is 8.49. The Labute approximate surface area is 113 Å². The second-order valence-electron chi connectivity index (χ2n) is 3.68. The minimum Gasteiger partial charge on any atom is -0.546 e. The highest BCUT2D eigenvalue weighted by atomic mass is 35.5. The number of carboxylic acids is 1. The molecule has 2 aromatic rings. The molecule has 0 N–H and O–H groups in total. The standard InChI is InChI=1S/C12H9Cl2NO3/c1-6-2-3-7-8(13)4-9(14)12(11(7)15-6)18-5-10(16)17/h2-4H,5H2,1H3,(H,16,17)/p-1. The van der Waals surface area contributed by atoms with Crippen LogP contribution < -0.4 is 9.84 Å². The van der Waals surface area contributed by atoms with E-state index in [0.717, 1.165) is 5.69 Å². The van der Waals surface area contributed by atoms with Gasteiger partial charge >= 0.3 is 0 Å². The van der Waals surface area contributed by atoms with E-state index in [2.05, 4.69) is 4.98 Å². The van der Waals surface area contributed by atoms with Gasteiger partial charge in [0.1, 0.15) is 12.1 Å². The Balaban J connectivity index is 2.62. The lowest BCUT2D eigenvalue weighted by molar-refractivity contribution is -0.307. The molecule has 0 bridgehead atoms. The number of carbonyl (C=O) groups excluding carboxylic acids is 1. The van der Waals surface area contributed by atoms with E-state index in [-0.39, 0.29) is 10.8 Å². The molecule has 0 saturated carbocycles. The van der Waals surface area contributed by atoms with Crippen molar-refractivity contribution >= 4 is 40.1 Å². The molecule has 0 aliphatic heterocycles. The second kappa shape index (κ2) is 5.00. The third-order valence-corrected chi connectivity index (χ3v) is 2.91. The van der Waals surface area contributed by atoms with Crippen LogP contribution in [0.5, 0.6) is 5.75 Å². The number of carbonyl (C=O) groups is 1. The van der Waals surface area contributed by atoms with Crippen LogP contribution in [0.1, 0.15) is 5.69 Å². The van der Waals surface area contributed by atoms with Crippen LogP contribution in [0.4, 0.5) is 0 Å². The summed E-state index contributed by atoms with van der Waals surface area (Å²) in [6.45, 7) is 1.21. The molecule has 0 atom stereocenters. The maximum Gasteiger partial charge on any atom is 0.164 e. The Morgan fingerprint density at radius 1 is 1.39 bits per heavy atom. The second-order valence-corrected chi connectivity index (χ2v) is 4.49. The predicted octanol–water partition coefficient (Wildman–Crippen LogP) is 1.98. The van der Waals surface area contributed by atoms with E-state index in [4.69, 9.17) is 27.9 Å². The highest BCUT2D eigenvalue weighted by Crippen LogP contribution is 2.37. The smallest absolute Gasteiger partial charge is 0.164 e. The fourth-order valence-corrected chi connectivity index (χ4v) is 2.13. The quantitative estimate of drug-likeness (QED) is 0.865. The number of halogens is 2. The molecule has 94 valence electrons. The monoisotopic (exact) mass is 284 g/mol. The average molecular weight is 285 g/mol. The van der Waals surface area contributed by atoms with Gasteiger partial charge in [-0.2, -0.15) is 0 Å². The van der Waals surface area contributed by atoms with Crippen LogP contribution >= 0.6 is 23.2 Å². The van der Waals surface area contributed by atoms with Crippen LogP contribution in [0.25, 0.3) is 10.9 Å². The van der Waals surface area contributed by atoms with Gasteiger partial charge in [0.05, 0.1) is 16.0 Å². The number of ether oxygens (including phenoxy) is 1. The third kappa shape index (κ3) is 2.49. The van der Waals surface area contributed by atoms with Crippen LogP contribution in [0, 0.1) is 6.92 Å². The Morgan fingerprint density at radius 2 is 2.11 bits per heavy atom. The summed E-state index contributed by atoms with van der Waals surface area (Å²) in [5, 5.41) is 11.7. The summed E-state index contributed by atoms with van der Waals surface area (Å²) < 4.78 is 5.11. The lowest BCUT2D eigenvalue weighted by atomic mass is 10.2. The van der Waals surface area contributed by atoms with Crippen molar-refractivity contribution in [3.05, 3.63) is 33.9 Å². The van der Waals surface area contributed by atoms with E-state index in [9.17, 15) is 9.90 Å². The zero-order valence-corrected chi connectivity index (χ0v) is 10.9. The summed E-state index contributed by atoms with van der Waals surface area (Å²) >= 11 is 12.0. The predicted molar refractivity (Wildman–Crippen MR) is 67.0 cm³/mol. The van der Waals surface area contributed by atoms with Gasteiger partial charge in [0.15, 0.2) is 5.75 Å². The van der Waals surface area contributed by atoms with Gasteiger partial charge in [0.25, 0.3) is 0 Å². The molecular formula is C12H8Cl2NO3-. The molecular weight excluding hydrogens is 277 g/mol. The van der Waals surface area contributed by atoms with E-state index >= 15 is 0 Å². The molecule has 6 heteroatoms. The summed E-state index contributed by atoms with van der Waals surface area (Å²) in [5.41, 5.74) is 1.19. The molecule has 2 rings (SSSR count). The molecule has 1 heterocycles. The van der Waals surface area contributed by atoms with Gasteiger partial charge in [-0.15, -0.1) is 0 Å². The number of pyridine rings is 1. The number of hydrogen-bond donors (Lipinski definition) is 0. The van der Waals surface area contributed by atoms with Crippen molar-refractivity contribution in [1.82, 2.24) is 4.98 Å². The van der Waals surface area contributed by atoms with Crippen LogP contribution in [0.3, 0.4) is 0 Å². The van der Waals surface area contributed by atoms with Crippen molar-refractivity contribution in [3.8, 4) is 5.75 Å². The number of nitrogens with zero attached hydrogens (tertiary/aromatic N) is 1. The largest absolute Gasteiger partial charge is 0.546 e. The molecule has 0 saturated heterocycles. The van der Waals surface area contributed by atoms with Crippen molar-refractivity contribution < 1.29 is 14.6 Å². The molecule has 1 aromatic carbocycles. The number of aromatic nitrogens is 1. The highest BCUT2D eigenvalue weighted by Gasteiger charge is 2.13. The average Bonchev–Trinajstić information content (AvgIpc) is 2.27. The van der Waals surface area contributed by atoms with Crippen LogP contribution in [0.2, 0.25) is 10.0 Å². The molecule has 0 aliphatic rings. The van der Waals surface area contributed by atoms with Crippen LogP contribution in [0.15, 0.2) is 18.2 Å². The first-order valence-corrected chi connectivity index (χ1v) is 5.82. The summed E-state index contributed by atoms with van der Waals surface area (Å²) in [4.78, 5) is 14.7. The first kappa shape index (κ1) is 12.9. The van der Waals surface area contributed by atoms with Gasteiger partial charge in [-0.05, 0) is 25.1 Å². The van der Waals surface area contributed by atoms with Gasteiger partial charge < -0.3 is 14.6 Å². The lowest BCUT2D eigenvalue weighted by Gasteiger charge is -2.12. The highest BCUT2D eigenvalue weighted by molar-refractivity contribution is 6.39. The molecule has 18 heavy (non-hydrogen) atoms. The maximum atomic E-state index is 10.4. The van der Waals surface area contributed by atoms with E-state index in [1.54, 1.807) is 19.1 Å². The van der Waals surface area contributed by atoms with Crippen molar-refractivity contribution in [1.29, 1.82) is 0 Å². The number of fused-ring (bicyclic) bond motifs is 1. The Bertz CT molecular complexity index is 628. The van der Waals surface area contributed by atoms with E-state index in [1.165, 1.54) is 6.07 Å². The lowest BCUT2D eigenvalue weighted by Crippen LogP contribution is -2.29. The molecule has 4 nitrogen and oxygen atoms in total. The number of aliphatic carboxylic acids is 1. The molecule has 0 fully saturated rings. The van der Waals surface area contributed by atoms with Gasteiger partial charge in [-0.1, -0.05) is 23.2 Å². The Kier molecular flexibility index (Phi) is 3.59. The summed E-state index contributed by atoms with van der Waals surface area (Å²) in [5.74, 6) is -1.13. The Morgan fingerprint density at radius 3 is 2.78 bits per heavy atom. The minimum atomic E-state index is -1.33. The summed E-state index contributed by atoms with van der Waals surface area (Å²) in [6, 6.07) is 5.07. The summed E-state index contributed by atoms with van der Waals surface area (Å²) in [6.07, 6.45) is 0. The zero-order valence-electron chi connectivity index (χ0n) is 9.37. The first-order valence-electron chi connectivity index (χ1n) is 5.07. The van der Waals surface area contributed by atoms with Gasteiger partial charge in [-0.25, -0.2) is 4.98 Å². The van der Waals surface area contributed by atoms with E-state index in [0.29, 0.717) is 15.9 Å². The van der Waals surface area contributed by atoms with Crippen LogP contribution in [-0.2, 0) is 4.79 Å². The van der Waals surface area contributed by atoms with Gasteiger partial charge in [0, 0.05) is 11.1 Å². The van der Waals surface area contributed by atoms with Crippen molar-refractivity contribution in [2.45, 2.75) is 6.92 Å². The van der Waals surface area contributed by atoms with Crippen molar-refractivity contribution in [2.75, 3.05) is 6.61 Å². The molecule has 0 amide bonds. The van der Waals surface area contributed by atoms with Gasteiger partial charge in [0.2, 0.25) is 0 Å². The Hall–Kier alpha value is -1.52. The number of rotatable bonds is 3. The summed E-state index contributed by atoms with van der Waals surface area (Å²) in [7, 11) is 0. The number of benzene rings is 1. The van der Waals surface area contributed by atoms with Crippen molar-refractivity contribution in [3.63, 3.8) is 0 Å². The zero-order chi connectivity index (χ0) is 13.3. The number of hydrogen-bond acceptors (Lipinski definition) is 4. The third-order valence-electron chi connectivity index (χ3n) is 2.31.